The maximum Gasteiger partial charge on any atom is 0.247 e. The first-order valence-electron chi connectivity index (χ1n) is 4.83. The molecule has 0 spiro atoms. The summed E-state index contributed by atoms with van der Waals surface area (Å²) in [5.74, 6) is 0.325. The van der Waals surface area contributed by atoms with Crippen LogP contribution in [0, 0.1) is 11.3 Å². The van der Waals surface area contributed by atoms with Crippen LogP contribution in [-0.4, -0.2) is 25.6 Å². The monoisotopic (exact) mass is 217 g/mol. The SMILES string of the molecule is CN1C(=O)[C@@H](N)COc2cc(C#N)ccc21. The van der Waals surface area contributed by atoms with Gasteiger partial charge in [-0.2, -0.15) is 5.26 Å². The number of carbonyl (C=O) groups excluding carboxylic acids is 1. The maximum atomic E-state index is 11.7. The Labute approximate surface area is 93.0 Å². The van der Waals surface area contributed by atoms with Crippen LogP contribution in [0.2, 0.25) is 0 Å². The third-order valence-corrected chi connectivity index (χ3v) is 2.52. The average molecular weight is 217 g/mol. The van der Waals surface area contributed by atoms with Crippen LogP contribution in [0.4, 0.5) is 5.69 Å². The number of ether oxygens (including phenoxy) is 1. The van der Waals surface area contributed by atoms with Crippen LogP contribution >= 0.6 is 0 Å². The highest BCUT2D eigenvalue weighted by Gasteiger charge is 2.26. The Bertz CT molecular complexity index is 479. The van der Waals surface area contributed by atoms with Gasteiger partial charge in [0.1, 0.15) is 18.4 Å². The Morgan fingerprint density at radius 3 is 3.06 bits per heavy atom. The molecule has 2 rings (SSSR count). The van der Waals surface area contributed by atoms with Gasteiger partial charge in [0, 0.05) is 13.1 Å². The molecule has 1 aliphatic rings. The zero-order valence-electron chi connectivity index (χ0n) is 8.80. The van der Waals surface area contributed by atoms with Crippen LogP contribution < -0.4 is 15.4 Å². The molecule has 0 aliphatic carbocycles. The molecule has 1 amide bonds. The van der Waals surface area contributed by atoms with Crippen molar-refractivity contribution in [1.82, 2.24) is 0 Å². The van der Waals surface area contributed by atoms with Gasteiger partial charge in [0.2, 0.25) is 5.91 Å². The Morgan fingerprint density at radius 1 is 1.62 bits per heavy atom. The second-order valence-corrected chi connectivity index (χ2v) is 3.61. The first-order chi connectivity index (χ1) is 7.63. The van der Waals surface area contributed by atoms with Crippen LogP contribution in [0.15, 0.2) is 18.2 Å². The fraction of sp³-hybridized carbons (Fsp3) is 0.273. The number of hydrogen-bond acceptors (Lipinski definition) is 4. The second-order valence-electron chi connectivity index (χ2n) is 3.61. The molecule has 2 N–H and O–H groups in total. The first-order valence-corrected chi connectivity index (χ1v) is 4.83. The number of fused-ring (bicyclic) bond motifs is 1. The highest BCUT2D eigenvalue weighted by atomic mass is 16.5. The number of nitrogens with two attached hydrogens (primary N) is 1. The highest BCUT2D eigenvalue weighted by Crippen LogP contribution is 2.30. The van der Waals surface area contributed by atoms with E-state index in [4.69, 9.17) is 15.7 Å². The zero-order valence-corrected chi connectivity index (χ0v) is 8.80. The standard InChI is InChI=1S/C11H11N3O2/c1-14-9-3-2-7(5-12)4-10(9)16-6-8(13)11(14)15/h2-4,8H,6,13H2,1H3/t8-/m0/s1. The predicted octanol–water partition coefficient (Wildman–Crippen LogP) is 0.241. The number of benzene rings is 1. The largest absolute Gasteiger partial charge is 0.489 e. The number of rotatable bonds is 0. The van der Waals surface area contributed by atoms with E-state index in [1.807, 2.05) is 6.07 Å². The topological polar surface area (TPSA) is 79.3 Å². The van der Waals surface area contributed by atoms with E-state index >= 15 is 0 Å². The van der Waals surface area contributed by atoms with Crippen LogP contribution in [0.5, 0.6) is 5.75 Å². The van der Waals surface area contributed by atoms with Crippen molar-refractivity contribution in [1.29, 1.82) is 5.26 Å². The van der Waals surface area contributed by atoms with Gasteiger partial charge in [0.15, 0.2) is 0 Å². The van der Waals surface area contributed by atoms with Gasteiger partial charge in [0.25, 0.3) is 0 Å². The van der Waals surface area contributed by atoms with Gasteiger partial charge < -0.3 is 15.4 Å². The summed E-state index contributed by atoms with van der Waals surface area (Å²) in [6.45, 7) is 0.130. The number of anilines is 1. The molecule has 0 radical (unpaired) electrons. The molecule has 16 heavy (non-hydrogen) atoms. The Hall–Kier alpha value is -2.06. The lowest BCUT2D eigenvalue weighted by Gasteiger charge is -2.17. The summed E-state index contributed by atoms with van der Waals surface area (Å²) in [5, 5.41) is 8.77. The van der Waals surface area contributed by atoms with Gasteiger partial charge in [-0.3, -0.25) is 4.79 Å². The van der Waals surface area contributed by atoms with Crippen LogP contribution in [0.1, 0.15) is 5.56 Å². The number of nitrogens with zero attached hydrogens (tertiary/aromatic N) is 2. The average Bonchev–Trinajstić information content (AvgIpc) is 2.42. The molecule has 0 unspecified atom stereocenters. The van der Waals surface area contributed by atoms with Crippen molar-refractivity contribution in [2.75, 3.05) is 18.6 Å². The van der Waals surface area contributed by atoms with E-state index in [1.54, 1.807) is 25.2 Å². The van der Waals surface area contributed by atoms with Crippen LogP contribution in [-0.2, 0) is 4.79 Å². The normalized spacial score (nSPS) is 19.4. The molecule has 5 nitrogen and oxygen atoms in total. The highest BCUT2D eigenvalue weighted by molar-refractivity contribution is 5.98. The molecular formula is C11H11N3O2. The smallest absolute Gasteiger partial charge is 0.247 e. The quantitative estimate of drug-likeness (QED) is 0.675. The molecule has 0 saturated carbocycles. The van der Waals surface area contributed by atoms with Crippen LogP contribution in [0.25, 0.3) is 0 Å². The fourth-order valence-corrected chi connectivity index (χ4v) is 1.59. The van der Waals surface area contributed by atoms with E-state index in [9.17, 15) is 4.79 Å². The number of hydrogen-bond donors (Lipinski definition) is 1. The summed E-state index contributed by atoms with van der Waals surface area (Å²) in [7, 11) is 1.64. The Kier molecular flexibility index (Phi) is 2.50. The van der Waals surface area contributed by atoms with Gasteiger partial charge in [0.05, 0.1) is 17.3 Å². The van der Waals surface area contributed by atoms with Crippen molar-refractivity contribution in [3.05, 3.63) is 23.8 Å². The van der Waals surface area contributed by atoms with Gasteiger partial charge in [-0.05, 0) is 12.1 Å². The minimum Gasteiger partial charge on any atom is -0.489 e. The minimum atomic E-state index is -0.664. The third kappa shape index (κ3) is 1.59. The molecule has 1 aliphatic heterocycles. The Morgan fingerprint density at radius 2 is 2.38 bits per heavy atom. The molecule has 5 heteroatoms. The van der Waals surface area contributed by atoms with Gasteiger partial charge in [-0.15, -0.1) is 0 Å². The molecule has 0 fully saturated rings. The molecule has 0 aromatic heterocycles. The van der Waals surface area contributed by atoms with Crippen molar-refractivity contribution in [3.63, 3.8) is 0 Å². The lowest BCUT2D eigenvalue weighted by molar-refractivity contribution is -0.119. The molecule has 82 valence electrons. The summed E-state index contributed by atoms with van der Waals surface area (Å²) in [6.07, 6.45) is 0. The van der Waals surface area contributed by atoms with Crippen molar-refractivity contribution >= 4 is 11.6 Å². The van der Waals surface area contributed by atoms with E-state index in [-0.39, 0.29) is 12.5 Å². The number of amides is 1. The zero-order chi connectivity index (χ0) is 11.7. The summed E-state index contributed by atoms with van der Waals surface area (Å²) in [6, 6.07) is 6.29. The molecule has 1 aromatic rings. The van der Waals surface area contributed by atoms with E-state index in [2.05, 4.69) is 0 Å². The van der Waals surface area contributed by atoms with Gasteiger partial charge in [-0.25, -0.2) is 0 Å². The summed E-state index contributed by atoms with van der Waals surface area (Å²) >= 11 is 0. The second kappa shape index (κ2) is 3.83. The van der Waals surface area contributed by atoms with Gasteiger partial charge >= 0.3 is 0 Å². The first kappa shape index (κ1) is 10.5. The molecule has 0 saturated heterocycles. The van der Waals surface area contributed by atoms with Crippen molar-refractivity contribution in [3.8, 4) is 11.8 Å². The number of likely N-dealkylation sites (N-methyl/N-ethyl adjacent to an activating group) is 1. The molecule has 1 aromatic carbocycles. The predicted molar refractivity (Wildman–Crippen MR) is 58.0 cm³/mol. The minimum absolute atomic E-state index is 0.130. The third-order valence-electron chi connectivity index (χ3n) is 2.52. The lowest BCUT2D eigenvalue weighted by atomic mass is 10.2. The van der Waals surface area contributed by atoms with E-state index in [0.717, 1.165) is 0 Å². The summed E-state index contributed by atoms with van der Waals surface area (Å²) in [5.41, 5.74) is 6.77. The van der Waals surface area contributed by atoms with E-state index in [1.165, 1.54) is 4.90 Å². The van der Waals surface area contributed by atoms with Gasteiger partial charge in [-0.1, -0.05) is 0 Å². The molecular weight excluding hydrogens is 206 g/mol. The van der Waals surface area contributed by atoms with E-state index < -0.39 is 6.04 Å². The van der Waals surface area contributed by atoms with Crippen LogP contribution in [0.3, 0.4) is 0 Å². The number of nitriles is 1. The Balaban J connectivity index is 2.48. The van der Waals surface area contributed by atoms with Crippen molar-refractivity contribution in [2.24, 2.45) is 5.73 Å². The van der Waals surface area contributed by atoms with Crippen molar-refractivity contribution in [2.45, 2.75) is 6.04 Å². The molecule has 1 heterocycles. The summed E-state index contributed by atoms with van der Waals surface area (Å²) in [4.78, 5) is 13.2. The summed E-state index contributed by atoms with van der Waals surface area (Å²) < 4.78 is 5.41. The lowest BCUT2D eigenvalue weighted by Crippen LogP contribution is -2.43. The van der Waals surface area contributed by atoms with Crippen molar-refractivity contribution < 1.29 is 9.53 Å². The fourth-order valence-electron chi connectivity index (χ4n) is 1.59. The van der Waals surface area contributed by atoms with E-state index in [0.29, 0.717) is 17.0 Å². The maximum absolute atomic E-state index is 11.7. The molecule has 1 atom stereocenters. The molecule has 0 bridgehead atoms. The number of carbonyl (C=O) groups is 1.